The van der Waals surface area contributed by atoms with E-state index in [-0.39, 0.29) is 17.6 Å². The molecule has 4 heterocycles. The van der Waals surface area contributed by atoms with Gasteiger partial charge in [-0.25, -0.2) is 4.79 Å². The molecular weight excluding hydrogens is 458 g/mol. The number of aromatic nitrogens is 3. The average molecular weight is 484 g/mol. The minimum Gasteiger partial charge on any atom is -0.478 e. The number of hydrogen-bond donors (Lipinski definition) is 2. The third-order valence-corrected chi connectivity index (χ3v) is 6.81. The van der Waals surface area contributed by atoms with Gasteiger partial charge in [-0.3, -0.25) is 9.97 Å². The molecule has 3 aromatic heterocycles. The van der Waals surface area contributed by atoms with Crippen molar-refractivity contribution in [1.82, 2.24) is 24.8 Å². The fourth-order valence-electron chi connectivity index (χ4n) is 4.84. The monoisotopic (exact) mass is 483 g/mol. The molecule has 7 nitrogen and oxygen atoms in total. The lowest BCUT2D eigenvalue weighted by atomic mass is 9.96. The molecule has 2 N–H and O–H groups in total. The van der Waals surface area contributed by atoms with Gasteiger partial charge < -0.3 is 19.9 Å². The molecule has 1 aliphatic heterocycles. The number of thiocarbonyl (C=S) groups is 1. The van der Waals surface area contributed by atoms with Gasteiger partial charge in [-0.2, -0.15) is 0 Å². The van der Waals surface area contributed by atoms with E-state index in [9.17, 15) is 9.90 Å². The summed E-state index contributed by atoms with van der Waals surface area (Å²) in [5.74, 6) is -0.936. The van der Waals surface area contributed by atoms with Gasteiger partial charge in [0.2, 0.25) is 0 Å². The molecule has 0 saturated carbocycles. The van der Waals surface area contributed by atoms with E-state index in [4.69, 9.17) is 12.2 Å². The summed E-state index contributed by atoms with van der Waals surface area (Å²) >= 11 is 5.82. The molecule has 0 spiro atoms. The molecule has 176 valence electrons. The number of aryl methyl sites for hydroxylation is 1. The fraction of sp³-hybridized carbons (Fsp3) is 0.185. The summed E-state index contributed by atoms with van der Waals surface area (Å²) in [4.78, 5) is 22.3. The Hall–Kier alpha value is -4.04. The summed E-state index contributed by atoms with van der Waals surface area (Å²) in [5, 5.41) is 13.5. The molecule has 1 fully saturated rings. The number of hydrogen-bond acceptors (Lipinski definition) is 4. The summed E-state index contributed by atoms with van der Waals surface area (Å²) in [6, 6.07) is 18.9. The van der Waals surface area contributed by atoms with Gasteiger partial charge in [0.15, 0.2) is 5.11 Å². The van der Waals surface area contributed by atoms with Crippen molar-refractivity contribution in [1.29, 1.82) is 0 Å². The molecule has 1 saturated heterocycles. The highest BCUT2D eigenvalue weighted by atomic mass is 32.1. The van der Waals surface area contributed by atoms with Crippen LogP contribution in [0.25, 0.3) is 5.69 Å². The highest BCUT2D eigenvalue weighted by Crippen LogP contribution is 2.42. The molecule has 4 aromatic rings. The van der Waals surface area contributed by atoms with Crippen LogP contribution in [0.5, 0.6) is 0 Å². The number of rotatable bonds is 6. The molecule has 0 amide bonds. The van der Waals surface area contributed by atoms with Gasteiger partial charge in [-0.05, 0) is 91.8 Å². The zero-order valence-electron chi connectivity index (χ0n) is 19.4. The number of carboxylic acid groups (broad SMARTS) is 1. The topological polar surface area (TPSA) is 83.3 Å². The van der Waals surface area contributed by atoms with Crippen LogP contribution >= 0.6 is 12.2 Å². The zero-order chi connectivity index (χ0) is 24.5. The standard InChI is InChI=1S/C27H25N5O2S/c1-17-15-22(18(2)32(17)21-8-6-20(7-9-21)26(33)34)25-24(23-5-3-4-12-29-23)30-27(35)31(25)16-19-10-13-28-14-11-19/h3-15,24-25H,16H2,1-2H3,(H,30,35)(H,33,34)/t24-,25+/m0/s1. The van der Waals surface area contributed by atoms with Crippen molar-refractivity contribution >= 4 is 23.3 Å². The first-order valence-corrected chi connectivity index (χ1v) is 11.7. The van der Waals surface area contributed by atoms with E-state index < -0.39 is 5.97 Å². The van der Waals surface area contributed by atoms with E-state index >= 15 is 0 Å². The predicted molar refractivity (Wildman–Crippen MR) is 137 cm³/mol. The second-order valence-corrected chi connectivity index (χ2v) is 9.01. The van der Waals surface area contributed by atoms with Crippen LogP contribution in [0.3, 0.4) is 0 Å². The molecule has 0 aliphatic carbocycles. The van der Waals surface area contributed by atoms with Crippen molar-refractivity contribution in [3.8, 4) is 5.69 Å². The van der Waals surface area contributed by atoms with Crippen molar-refractivity contribution in [2.75, 3.05) is 0 Å². The molecule has 0 bridgehead atoms. The lowest BCUT2D eigenvalue weighted by Crippen LogP contribution is -2.29. The minimum atomic E-state index is -0.936. The molecular formula is C27H25N5O2S. The second kappa shape index (κ2) is 9.31. The number of carboxylic acids is 1. The Kier molecular flexibility index (Phi) is 6.05. The van der Waals surface area contributed by atoms with Crippen molar-refractivity contribution in [3.63, 3.8) is 0 Å². The van der Waals surface area contributed by atoms with Crippen molar-refractivity contribution in [2.24, 2.45) is 0 Å². The van der Waals surface area contributed by atoms with Crippen LogP contribution in [0.15, 0.2) is 79.3 Å². The Morgan fingerprint density at radius 3 is 2.46 bits per heavy atom. The smallest absolute Gasteiger partial charge is 0.335 e. The summed E-state index contributed by atoms with van der Waals surface area (Å²) in [6.45, 7) is 4.79. The van der Waals surface area contributed by atoms with Crippen LogP contribution in [0.2, 0.25) is 0 Å². The SMILES string of the molecule is Cc1cc([C@@H]2[C@H](c3ccccn3)NC(=S)N2Cc2ccncc2)c(C)n1-c1ccc(C(=O)O)cc1. The van der Waals surface area contributed by atoms with Crippen LogP contribution < -0.4 is 5.32 Å². The maximum Gasteiger partial charge on any atom is 0.335 e. The number of pyridine rings is 2. The van der Waals surface area contributed by atoms with E-state index in [1.54, 1.807) is 30.7 Å². The second-order valence-electron chi connectivity index (χ2n) is 8.62. The Bertz CT molecular complexity index is 1370. The van der Waals surface area contributed by atoms with Gasteiger partial charge in [-0.15, -0.1) is 0 Å². The molecule has 2 atom stereocenters. The van der Waals surface area contributed by atoms with Crippen LogP contribution in [0.1, 0.15) is 50.7 Å². The van der Waals surface area contributed by atoms with Gasteiger partial charge >= 0.3 is 5.97 Å². The average Bonchev–Trinajstić information content (AvgIpc) is 3.35. The molecule has 8 heteroatoms. The van der Waals surface area contributed by atoms with Gasteiger partial charge in [0.25, 0.3) is 0 Å². The first kappa shape index (κ1) is 22.7. The van der Waals surface area contributed by atoms with E-state index in [0.29, 0.717) is 11.7 Å². The number of nitrogens with zero attached hydrogens (tertiary/aromatic N) is 4. The lowest BCUT2D eigenvalue weighted by Gasteiger charge is -2.28. The first-order chi connectivity index (χ1) is 16.9. The van der Waals surface area contributed by atoms with Gasteiger partial charge in [0, 0.05) is 42.2 Å². The summed E-state index contributed by atoms with van der Waals surface area (Å²) < 4.78 is 2.16. The zero-order valence-corrected chi connectivity index (χ0v) is 20.2. The van der Waals surface area contributed by atoms with Crippen molar-refractivity contribution in [3.05, 3.63) is 113 Å². The first-order valence-electron chi connectivity index (χ1n) is 11.3. The number of aromatic carboxylic acids is 1. The Labute approximate surface area is 209 Å². The third-order valence-electron chi connectivity index (χ3n) is 6.46. The number of nitrogens with one attached hydrogen (secondary N) is 1. The van der Waals surface area contributed by atoms with Crippen LogP contribution in [-0.2, 0) is 6.54 Å². The third kappa shape index (κ3) is 4.28. The summed E-state index contributed by atoms with van der Waals surface area (Å²) in [5.41, 5.74) is 6.49. The molecule has 35 heavy (non-hydrogen) atoms. The fourth-order valence-corrected chi connectivity index (χ4v) is 5.14. The maximum atomic E-state index is 11.3. The van der Waals surface area contributed by atoms with Crippen LogP contribution in [-0.4, -0.2) is 35.6 Å². The molecule has 1 aliphatic rings. The van der Waals surface area contributed by atoms with Crippen molar-refractivity contribution < 1.29 is 9.90 Å². The maximum absolute atomic E-state index is 11.3. The Morgan fingerprint density at radius 1 is 1.06 bits per heavy atom. The van der Waals surface area contributed by atoms with E-state index in [2.05, 4.69) is 44.7 Å². The van der Waals surface area contributed by atoms with Gasteiger partial charge in [0.05, 0.1) is 23.3 Å². The highest BCUT2D eigenvalue weighted by molar-refractivity contribution is 7.80. The van der Waals surface area contributed by atoms with E-state index in [1.165, 1.54) is 0 Å². The lowest BCUT2D eigenvalue weighted by molar-refractivity contribution is 0.0697. The predicted octanol–water partition coefficient (Wildman–Crippen LogP) is 4.76. The van der Waals surface area contributed by atoms with Crippen molar-refractivity contribution in [2.45, 2.75) is 32.5 Å². The summed E-state index contributed by atoms with van der Waals surface area (Å²) in [6.07, 6.45) is 5.38. The number of benzene rings is 1. The largest absolute Gasteiger partial charge is 0.478 e. The molecule has 5 rings (SSSR count). The van der Waals surface area contributed by atoms with Crippen LogP contribution in [0, 0.1) is 13.8 Å². The molecule has 1 aromatic carbocycles. The minimum absolute atomic E-state index is 0.0798. The normalized spacial score (nSPS) is 17.4. The Morgan fingerprint density at radius 2 is 1.80 bits per heavy atom. The Balaban J connectivity index is 1.60. The molecule has 0 unspecified atom stereocenters. The summed E-state index contributed by atoms with van der Waals surface area (Å²) in [7, 11) is 0. The highest BCUT2D eigenvalue weighted by Gasteiger charge is 2.41. The molecule has 0 radical (unpaired) electrons. The number of carbonyl (C=O) groups is 1. The van der Waals surface area contributed by atoms with E-state index in [1.807, 2.05) is 42.5 Å². The van der Waals surface area contributed by atoms with Gasteiger partial charge in [0.1, 0.15) is 0 Å². The quantitative estimate of drug-likeness (QED) is 0.383. The van der Waals surface area contributed by atoms with E-state index in [0.717, 1.165) is 33.9 Å². The van der Waals surface area contributed by atoms with Crippen LogP contribution in [0.4, 0.5) is 0 Å². The van der Waals surface area contributed by atoms with Gasteiger partial charge in [-0.1, -0.05) is 6.07 Å².